The molecule has 0 radical (unpaired) electrons. The van der Waals surface area contributed by atoms with E-state index in [0.29, 0.717) is 13.1 Å². The van der Waals surface area contributed by atoms with Gasteiger partial charge in [0.15, 0.2) is 0 Å². The SMILES string of the molecule is CN(C)C(CNC(=O)C1CCCN(c2cnccn2)C1)c1cccs1. The van der Waals surface area contributed by atoms with Gasteiger partial charge in [-0.25, -0.2) is 4.98 Å². The van der Waals surface area contributed by atoms with Gasteiger partial charge in [-0.2, -0.15) is 0 Å². The molecule has 1 aliphatic heterocycles. The van der Waals surface area contributed by atoms with Gasteiger partial charge < -0.3 is 15.1 Å². The van der Waals surface area contributed by atoms with Gasteiger partial charge in [0.05, 0.1) is 18.2 Å². The van der Waals surface area contributed by atoms with E-state index in [2.05, 4.69) is 42.6 Å². The molecule has 0 saturated carbocycles. The predicted molar refractivity (Wildman–Crippen MR) is 101 cm³/mol. The van der Waals surface area contributed by atoms with Crippen molar-refractivity contribution in [1.29, 1.82) is 0 Å². The van der Waals surface area contributed by atoms with Crippen molar-refractivity contribution in [1.82, 2.24) is 20.2 Å². The Morgan fingerprint density at radius 1 is 1.48 bits per heavy atom. The fourth-order valence-electron chi connectivity index (χ4n) is 3.21. The molecule has 25 heavy (non-hydrogen) atoms. The van der Waals surface area contributed by atoms with Crippen LogP contribution in [0.3, 0.4) is 0 Å². The number of amides is 1. The lowest BCUT2D eigenvalue weighted by Crippen LogP contribution is -2.45. The number of nitrogens with one attached hydrogen (secondary N) is 1. The molecule has 1 aliphatic rings. The molecule has 3 heterocycles. The summed E-state index contributed by atoms with van der Waals surface area (Å²) in [7, 11) is 4.10. The van der Waals surface area contributed by atoms with E-state index < -0.39 is 0 Å². The van der Waals surface area contributed by atoms with Crippen LogP contribution < -0.4 is 10.2 Å². The van der Waals surface area contributed by atoms with Gasteiger partial charge in [-0.15, -0.1) is 11.3 Å². The molecule has 2 atom stereocenters. The van der Waals surface area contributed by atoms with Gasteiger partial charge in [-0.3, -0.25) is 9.78 Å². The van der Waals surface area contributed by atoms with Gasteiger partial charge in [-0.1, -0.05) is 6.07 Å². The first-order valence-electron chi connectivity index (χ1n) is 8.63. The third-order valence-corrected chi connectivity index (χ3v) is 5.60. The highest BCUT2D eigenvalue weighted by Gasteiger charge is 2.27. The summed E-state index contributed by atoms with van der Waals surface area (Å²) in [4.78, 5) is 26.7. The molecule has 6 nitrogen and oxygen atoms in total. The van der Waals surface area contributed by atoms with Crippen LogP contribution >= 0.6 is 11.3 Å². The van der Waals surface area contributed by atoms with Crippen molar-refractivity contribution >= 4 is 23.1 Å². The van der Waals surface area contributed by atoms with Gasteiger partial charge >= 0.3 is 0 Å². The molecule has 1 amide bonds. The van der Waals surface area contributed by atoms with Crippen molar-refractivity contribution < 1.29 is 4.79 Å². The van der Waals surface area contributed by atoms with Crippen molar-refractivity contribution in [2.24, 2.45) is 5.92 Å². The molecule has 1 fully saturated rings. The first-order valence-corrected chi connectivity index (χ1v) is 9.51. The fraction of sp³-hybridized carbons (Fsp3) is 0.500. The smallest absolute Gasteiger partial charge is 0.224 e. The summed E-state index contributed by atoms with van der Waals surface area (Å²) < 4.78 is 0. The molecule has 0 aromatic carbocycles. The number of aromatic nitrogens is 2. The maximum Gasteiger partial charge on any atom is 0.224 e. The number of carbonyl (C=O) groups excluding carboxylic acids is 1. The minimum absolute atomic E-state index is 0.00176. The lowest BCUT2D eigenvalue weighted by molar-refractivity contribution is -0.125. The summed E-state index contributed by atoms with van der Waals surface area (Å²) in [5, 5.41) is 5.23. The van der Waals surface area contributed by atoms with E-state index >= 15 is 0 Å². The van der Waals surface area contributed by atoms with Gasteiger partial charge in [0, 0.05) is 36.9 Å². The van der Waals surface area contributed by atoms with Crippen LogP contribution in [0.2, 0.25) is 0 Å². The van der Waals surface area contributed by atoms with Crippen LogP contribution in [-0.2, 0) is 4.79 Å². The zero-order valence-corrected chi connectivity index (χ0v) is 15.6. The Morgan fingerprint density at radius 3 is 3.04 bits per heavy atom. The first kappa shape index (κ1) is 17.8. The van der Waals surface area contributed by atoms with Crippen LogP contribution in [-0.4, -0.2) is 54.5 Å². The first-order chi connectivity index (χ1) is 12.1. The molecule has 7 heteroatoms. The Hall–Kier alpha value is -1.99. The van der Waals surface area contributed by atoms with E-state index in [0.717, 1.165) is 25.2 Å². The van der Waals surface area contributed by atoms with Crippen LogP contribution in [0.5, 0.6) is 0 Å². The van der Waals surface area contributed by atoms with Crippen molar-refractivity contribution in [2.45, 2.75) is 18.9 Å². The second-order valence-electron chi connectivity index (χ2n) is 6.59. The summed E-state index contributed by atoms with van der Waals surface area (Å²) in [5.74, 6) is 0.989. The molecular formula is C18H25N5OS. The van der Waals surface area contributed by atoms with Crippen LogP contribution in [0.25, 0.3) is 0 Å². The minimum atomic E-state index is 0.00176. The molecular weight excluding hydrogens is 334 g/mol. The minimum Gasteiger partial charge on any atom is -0.355 e. The van der Waals surface area contributed by atoms with Gasteiger partial charge in [0.25, 0.3) is 0 Å². The number of hydrogen-bond donors (Lipinski definition) is 1. The van der Waals surface area contributed by atoms with E-state index in [9.17, 15) is 4.79 Å². The number of nitrogens with zero attached hydrogens (tertiary/aromatic N) is 4. The highest BCUT2D eigenvalue weighted by Crippen LogP contribution is 2.24. The number of hydrogen-bond acceptors (Lipinski definition) is 6. The Labute approximate surface area is 152 Å². The fourth-order valence-corrected chi connectivity index (χ4v) is 4.14. The van der Waals surface area contributed by atoms with Crippen LogP contribution in [0.1, 0.15) is 23.8 Å². The molecule has 2 unspecified atom stereocenters. The maximum absolute atomic E-state index is 12.7. The van der Waals surface area contributed by atoms with Crippen molar-refractivity contribution in [3.8, 4) is 0 Å². The average Bonchev–Trinajstić information content (AvgIpc) is 3.16. The normalized spacial score (nSPS) is 19.0. The largest absolute Gasteiger partial charge is 0.355 e. The summed E-state index contributed by atoms with van der Waals surface area (Å²) in [6, 6.07) is 4.39. The van der Waals surface area contributed by atoms with E-state index in [1.54, 1.807) is 29.9 Å². The van der Waals surface area contributed by atoms with Gasteiger partial charge in [0.2, 0.25) is 5.91 Å². The topological polar surface area (TPSA) is 61.4 Å². The average molecular weight is 359 g/mol. The molecule has 0 spiro atoms. The molecule has 2 aromatic rings. The van der Waals surface area contributed by atoms with E-state index in [-0.39, 0.29) is 17.9 Å². The van der Waals surface area contributed by atoms with Gasteiger partial charge in [-0.05, 0) is 38.4 Å². The predicted octanol–water partition coefficient (Wildman–Crippen LogP) is 2.17. The van der Waals surface area contributed by atoms with Crippen molar-refractivity contribution in [3.05, 3.63) is 41.0 Å². The second-order valence-corrected chi connectivity index (χ2v) is 7.57. The van der Waals surface area contributed by atoms with E-state index in [1.807, 2.05) is 14.1 Å². The summed E-state index contributed by atoms with van der Waals surface area (Å²) in [6.45, 7) is 2.27. The van der Waals surface area contributed by atoms with Crippen molar-refractivity contribution in [2.75, 3.05) is 38.6 Å². The third kappa shape index (κ3) is 4.55. The molecule has 2 aromatic heterocycles. The zero-order valence-electron chi connectivity index (χ0n) is 14.8. The van der Waals surface area contributed by atoms with Crippen LogP contribution in [0.15, 0.2) is 36.1 Å². The Bertz CT molecular complexity index is 661. The standard InChI is InChI=1S/C18H25N5OS/c1-22(2)15(16-6-4-10-25-16)11-21-18(24)14-5-3-9-23(13-14)17-12-19-7-8-20-17/h4,6-8,10,12,14-15H,3,5,9,11,13H2,1-2H3,(H,21,24). The highest BCUT2D eigenvalue weighted by molar-refractivity contribution is 7.10. The number of carbonyl (C=O) groups is 1. The van der Waals surface area contributed by atoms with Crippen molar-refractivity contribution in [3.63, 3.8) is 0 Å². The molecule has 3 rings (SSSR count). The zero-order chi connectivity index (χ0) is 17.6. The molecule has 0 aliphatic carbocycles. The van der Waals surface area contributed by atoms with E-state index in [4.69, 9.17) is 0 Å². The summed E-state index contributed by atoms with van der Waals surface area (Å²) in [5.41, 5.74) is 0. The number of likely N-dealkylation sites (N-methyl/N-ethyl adjacent to an activating group) is 1. The maximum atomic E-state index is 12.7. The Kier molecular flexibility index (Phi) is 5.99. The Morgan fingerprint density at radius 2 is 2.36 bits per heavy atom. The Balaban J connectivity index is 1.57. The van der Waals surface area contributed by atoms with Gasteiger partial charge in [0.1, 0.15) is 5.82 Å². The highest BCUT2D eigenvalue weighted by atomic mass is 32.1. The number of anilines is 1. The molecule has 1 N–H and O–H groups in total. The number of rotatable bonds is 6. The summed E-state index contributed by atoms with van der Waals surface area (Å²) in [6.07, 6.45) is 7.05. The monoisotopic (exact) mass is 359 g/mol. The third-order valence-electron chi connectivity index (χ3n) is 4.63. The van der Waals surface area contributed by atoms with E-state index in [1.165, 1.54) is 4.88 Å². The number of thiophene rings is 1. The molecule has 0 bridgehead atoms. The van der Waals surface area contributed by atoms with Crippen LogP contribution in [0, 0.1) is 5.92 Å². The molecule has 134 valence electrons. The lowest BCUT2D eigenvalue weighted by Gasteiger charge is -2.33. The summed E-state index contributed by atoms with van der Waals surface area (Å²) >= 11 is 1.73. The molecule has 1 saturated heterocycles. The number of piperidine rings is 1. The lowest BCUT2D eigenvalue weighted by atomic mass is 9.97. The van der Waals surface area contributed by atoms with Crippen LogP contribution in [0.4, 0.5) is 5.82 Å². The quantitative estimate of drug-likeness (QED) is 0.856. The second kappa shape index (κ2) is 8.40.